The minimum absolute atomic E-state index is 0.107. The van der Waals surface area contributed by atoms with Crippen LogP contribution >= 0.6 is 0 Å². The molecule has 0 amide bonds. The Morgan fingerprint density at radius 2 is 1.73 bits per heavy atom. The molecule has 0 aliphatic rings. The number of carboxylic acids is 1. The maximum absolute atomic E-state index is 10.5. The van der Waals surface area contributed by atoms with Crippen LogP contribution < -0.4 is 0 Å². The Morgan fingerprint density at radius 1 is 1.20 bits per heavy atom. The molecule has 82 valence electrons. The summed E-state index contributed by atoms with van der Waals surface area (Å²) in [5, 5.41) is 8.63. The minimum atomic E-state index is -0.778. The molecule has 0 aromatic heterocycles. The predicted molar refractivity (Wildman–Crippen MR) is 61.0 cm³/mol. The summed E-state index contributed by atoms with van der Waals surface area (Å²) in [4.78, 5) is 10.5. The van der Waals surface area contributed by atoms with Crippen LogP contribution in [0.2, 0.25) is 0 Å². The Morgan fingerprint density at radius 3 is 2.13 bits per heavy atom. The topological polar surface area (TPSA) is 37.3 Å². The third-order valence-electron chi connectivity index (χ3n) is 2.86. The van der Waals surface area contributed by atoms with Gasteiger partial charge in [0, 0.05) is 0 Å². The van der Waals surface area contributed by atoms with Gasteiger partial charge in [-0.15, -0.1) is 0 Å². The summed E-state index contributed by atoms with van der Waals surface area (Å²) in [5.41, 5.74) is 2.14. The molecule has 1 N–H and O–H groups in total. The molecular weight excluding hydrogens is 188 g/mol. The lowest BCUT2D eigenvalue weighted by atomic mass is 9.90. The van der Waals surface area contributed by atoms with Crippen LogP contribution in [0.15, 0.2) is 24.3 Å². The van der Waals surface area contributed by atoms with Crippen LogP contribution in [0.3, 0.4) is 0 Å². The fourth-order valence-corrected chi connectivity index (χ4v) is 1.50. The summed E-state index contributed by atoms with van der Waals surface area (Å²) >= 11 is 0. The number of carbonyl (C=O) groups is 1. The number of benzene rings is 1. The molecule has 1 aromatic carbocycles. The van der Waals surface area contributed by atoms with Crippen LogP contribution in [0.1, 0.15) is 37.8 Å². The summed E-state index contributed by atoms with van der Waals surface area (Å²) in [5.74, 6) is 0.346. The van der Waals surface area contributed by atoms with E-state index in [-0.39, 0.29) is 6.42 Å². The Bertz CT molecular complexity index is 325. The van der Waals surface area contributed by atoms with Gasteiger partial charge in [0.2, 0.25) is 0 Å². The first-order valence-electron chi connectivity index (χ1n) is 5.31. The lowest BCUT2D eigenvalue weighted by Gasteiger charge is -2.15. The second-order valence-electron chi connectivity index (χ2n) is 4.34. The normalized spacial score (nSPS) is 12.8. The zero-order valence-corrected chi connectivity index (χ0v) is 9.53. The zero-order chi connectivity index (χ0) is 11.4. The monoisotopic (exact) mass is 206 g/mol. The van der Waals surface area contributed by atoms with E-state index in [9.17, 15) is 4.79 Å². The molecule has 0 saturated heterocycles. The molecule has 0 spiro atoms. The van der Waals surface area contributed by atoms with Crippen molar-refractivity contribution in [3.63, 3.8) is 0 Å². The molecule has 2 nitrogen and oxygen atoms in total. The first-order valence-corrected chi connectivity index (χ1v) is 5.31. The van der Waals surface area contributed by atoms with Gasteiger partial charge in [-0.05, 0) is 23.0 Å². The highest BCUT2D eigenvalue weighted by Gasteiger charge is 2.09. The summed E-state index contributed by atoms with van der Waals surface area (Å²) in [6.07, 6.45) is 0.107. The smallest absolute Gasteiger partial charge is 0.307 e. The standard InChI is InChI=1S/C13H18O2/c1-9(2)10(3)12-6-4-11(5-7-12)8-13(14)15/h4-7,9-10H,8H2,1-3H3,(H,14,15). The van der Waals surface area contributed by atoms with Gasteiger partial charge < -0.3 is 5.11 Å². The Labute approximate surface area is 90.9 Å². The second kappa shape index (κ2) is 4.96. The van der Waals surface area contributed by atoms with Gasteiger partial charge >= 0.3 is 5.97 Å². The molecule has 0 fully saturated rings. The van der Waals surface area contributed by atoms with E-state index < -0.39 is 5.97 Å². The average Bonchev–Trinajstić information content (AvgIpc) is 2.17. The molecule has 0 aliphatic carbocycles. The molecule has 1 rings (SSSR count). The molecule has 2 heteroatoms. The molecule has 15 heavy (non-hydrogen) atoms. The van der Waals surface area contributed by atoms with Gasteiger partial charge in [0.15, 0.2) is 0 Å². The maximum atomic E-state index is 10.5. The van der Waals surface area contributed by atoms with Gasteiger partial charge in [0.05, 0.1) is 6.42 Å². The molecular formula is C13H18O2. The largest absolute Gasteiger partial charge is 0.481 e. The summed E-state index contributed by atoms with van der Waals surface area (Å²) in [6, 6.07) is 7.87. The van der Waals surface area contributed by atoms with Gasteiger partial charge in [0.1, 0.15) is 0 Å². The third kappa shape index (κ3) is 3.39. The SMILES string of the molecule is CC(C)C(C)c1ccc(CC(=O)O)cc1. The van der Waals surface area contributed by atoms with E-state index in [0.717, 1.165) is 5.56 Å². The Balaban J connectivity index is 2.76. The molecule has 0 radical (unpaired) electrons. The van der Waals surface area contributed by atoms with E-state index in [1.165, 1.54) is 5.56 Å². The van der Waals surface area contributed by atoms with E-state index in [4.69, 9.17) is 5.11 Å². The lowest BCUT2D eigenvalue weighted by molar-refractivity contribution is -0.136. The number of hydrogen-bond donors (Lipinski definition) is 1. The van der Waals surface area contributed by atoms with Crippen molar-refractivity contribution in [2.75, 3.05) is 0 Å². The number of aliphatic carboxylic acids is 1. The molecule has 0 heterocycles. The maximum Gasteiger partial charge on any atom is 0.307 e. The highest BCUT2D eigenvalue weighted by molar-refractivity contribution is 5.70. The molecule has 1 unspecified atom stereocenters. The van der Waals surface area contributed by atoms with Gasteiger partial charge in [-0.1, -0.05) is 45.0 Å². The van der Waals surface area contributed by atoms with Gasteiger partial charge in [-0.3, -0.25) is 4.79 Å². The highest BCUT2D eigenvalue weighted by Crippen LogP contribution is 2.23. The van der Waals surface area contributed by atoms with Crippen molar-refractivity contribution in [1.29, 1.82) is 0 Å². The third-order valence-corrected chi connectivity index (χ3v) is 2.86. The van der Waals surface area contributed by atoms with Crippen molar-refractivity contribution in [3.05, 3.63) is 35.4 Å². The van der Waals surface area contributed by atoms with Crippen LogP contribution in [-0.2, 0) is 11.2 Å². The first kappa shape index (κ1) is 11.8. The van der Waals surface area contributed by atoms with Crippen molar-refractivity contribution >= 4 is 5.97 Å². The van der Waals surface area contributed by atoms with Crippen LogP contribution in [-0.4, -0.2) is 11.1 Å². The molecule has 0 saturated carbocycles. The number of rotatable bonds is 4. The van der Waals surface area contributed by atoms with Crippen molar-refractivity contribution in [2.24, 2.45) is 5.92 Å². The van der Waals surface area contributed by atoms with E-state index in [1.807, 2.05) is 24.3 Å². The molecule has 1 aromatic rings. The fourth-order valence-electron chi connectivity index (χ4n) is 1.50. The van der Waals surface area contributed by atoms with E-state index in [0.29, 0.717) is 11.8 Å². The minimum Gasteiger partial charge on any atom is -0.481 e. The van der Waals surface area contributed by atoms with Crippen molar-refractivity contribution in [3.8, 4) is 0 Å². The zero-order valence-electron chi connectivity index (χ0n) is 9.53. The molecule has 0 aliphatic heterocycles. The first-order chi connectivity index (χ1) is 7.00. The van der Waals surface area contributed by atoms with Crippen LogP contribution in [0.25, 0.3) is 0 Å². The number of carboxylic acid groups (broad SMARTS) is 1. The van der Waals surface area contributed by atoms with Crippen molar-refractivity contribution in [1.82, 2.24) is 0 Å². The number of hydrogen-bond acceptors (Lipinski definition) is 1. The predicted octanol–water partition coefficient (Wildman–Crippen LogP) is 3.07. The highest BCUT2D eigenvalue weighted by atomic mass is 16.4. The Kier molecular flexibility index (Phi) is 3.89. The van der Waals surface area contributed by atoms with E-state index in [1.54, 1.807) is 0 Å². The van der Waals surface area contributed by atoms with Gasteiger partial charge in [-0.2, -0.15) is 0 Å². The van der Waals surface area contributed by atoms with E-state index >= 15 is 0 Å². The average molecular weight is 206 g/mol. The second-order valence-corrected chi connectivity index (χ2v) is 4.34. The van der Waals surface area contributed by atoms with E-state index in [2.05, 4.69) is 20.8 Å². The summed E-state index contributed by atoms with van der Waals surface area (Å²) in [7, 11) is 0. The summed E-state index contributed by atoms with van der Waals surface area (Å²) < 4.78 is 0. The summed E-state index contributed by atoms with van der Waals surface area (Å²) in [6.45, 7) is 6.57. The Hall–Kier alpha value is -1.31. The quantitative estimate of drug-likeness (QED) is 0.822. The van der Waals surface area contributed by atoms with Crippen molar-refractivity contribution in [2.45, 2.75) is 33.1 Å². The van der Waals surface area contributed by atoms with Crippen LogP contribution in [0.5, 0.6) is 0 Å². The van der Waals surface area contributed by atoms with Crippen LogP contribution in [0.4, 0.5) is 0 Å². The van der Waals surface area contributed by atoms with Gasteiger partial charge in [-0.25, -0.2) is 0 Å². The molecule has 0 bridgehead atoms. The fraction of sp³-hybridized carbons (Fsp3) is 0.462. The molecule has 1 atom stereocenters. The lowest BCUT2D eigenvalue weighted by Crippen LogP contribution is -2.03. The van der Waals surface area contributed by atoms with Gasteiger partial charge in [0.25, 0.3) is 0 Å². The van der Waals surface area contributed by atoms with Crippen molar-refractivity contribution < 1.29 is 9.90 Å². The van der Waals surface area contributed by atoms with Crippen LogP contribution in [0, 0.1) is 5.92 Å².